The van der Waals surface area contributed by atoms with Crippen LogP contribution in [0.15, 0.2) is 12.1 Å². The first-order chi connectivity index (χ1) is 9.60. The summed E-state index contributed by atoms with van der Waals surface area (Å²) in [6.45, 7) is 5.62. The molecule has 0 saturated heterocycles. The van der Waals surface area contributed by atoms with E-state index in [1.807, 2.05) is 13.8 Å². The number of nitrogens with one attached hydrogen (secondary N) is 1. The van der Waals surface area contributed by atoms with Crippen molar-refractivity contribution in [1.29, 1.82) is 0 Å². The number of hydrogen-bond donors (Lipinski definition) is 1. The normalized spacial score (nSPS) is 10.0. The smallest absolute Gasteiger partial charge is 0.239 e. The fraction of sp³-hybridized carbons (Fsp3) is 0.429. The number of methoxy groups -OCH3 is 1. The maximum Gasteiger partial charge on any atom is 0.239 e. The highest BCUT2D eigenvalue weighted by Gasteiger charge is 2.15. The third-order valence-corrected chi connectivity index (χ3v) is 3.22. The van der Waals surface area contributed by atoms with Crippen molar-refractivity contribution in [3.8, 4) is 5.75 Å². The molecule has 1 amide bonds. The fourth-order valence-corrected chi connectivity index (χ4v) is 2.02. The highest BCUT2D eigenvalue weighted by Crippen LogP contribution is 2.33. The molecule has 0 saturated carbocycles. The molecule has 1 rings (SSSR count). The SMILES string of the molecule is CCN(CC)c1cc(NC(=O)CCl)c(C=O)cc1OC. The number of alkyl halides is 1. The summed E-state index contributed by atoms with van der Waals surface area (Å²) in [5.41, 5.74) is 1.62. The molecule has 5 nitrogen and oxygen atoms in total. The Morgan fingerprint density at radius 3 is 2.50 bits per heavy atom. The van der Waals surface area contributed by atoms with Gasteiger partial charge in [0.25, 0.3) is 0 Å². The second-order valence-electron chi connectivity index (χ2n) is 4.08. The van der Waals surface area contributed by atoms with Crippen LogP contribution in [0.2, 0.25) is 0 Å². The average Bonchev–Trinajstić information content (AvgIpc) is 2.48. The van der Waals surface area contributed by atoms with E-state index in [1.165, 1.54) is 0 Å². The van der Waals surface area contributed by atoms with Crippen LogP contribution in [-0.2, 0) is 4.79 Å². The van der Waals surface area contributed by atoms with Gasteiger partial charge in [-0.05, 0) is 26.0 Å². The third kappa shape index (κ3) is 3.63. The van der Waals surface area contributed by atoms with Gasteiger partial charge in [0.05, 0.1) is 18.5 Å². The van der Waals surface area contributed by atoms with E-state index in [0.717, 1.165) is 18.8 Å². The molecular formula is C14H19ClN2O3. The number of ether oxygens (including phenoxy) is 1. The number of carbonyl (C=O) groups is 2. The van der Waals surface area contributed by atoms with Crippen LogP contribution in [0.4, 0.5) is 11.4 Å². The van der Waals surface area contributed by atoms with Gasteiger partial charge in [0.15, 0.2) is 6.29 Å². The zero-order valence-corrected chi connectivity index (χ0v) is 12.7. The van der Waals surface area contributed by atoms with Crippen LogP contribution in [0.3, 0.4) is 0 Å². The monoisotopic (exact) mass is 298 g/mol. The van der Waals surface area contributed by atoms with Crippen LogP contribution in [0, 0.1) is 0 Å². The Morgan fingerprint density at radius 2 is 2.05 bits per heavy atom. The van der Waals surface area contributed by atoms with Gasteiger partial charge in [0, 0.05) is 18.7 Å². The van der Waals surface area contributed by atoms with E-state index in [1.54, 1.807) is 19.2 Å². The maximum absolute atomic E-state index is 11.4. The lowest BCUT2D eigenvalue weighted by Crippen LogP contribution is -2.23. The van der Waals surface area contributed by atoms with E-state index in [4.69, 9.17) is 16.3 Å². The molecule has 1 aromatic carbocycles. The first-order valence-electron chi connectivity index (χ1n) is 6.39. The first kappa shape index (κ1) is 16.3. The number of halogens is 1. The van der Waals surface area contributed by atoms with Crippen LogP contribution in [0.5, 0.6) is 5.75 Å². The van der Waals surface area contributed by atoms with Gasteiger partial charge in [-0.15, -0.1) is 11.6 Å². The van der Waals surface area contributed by atoms with E-state index >= 15 is 0 Å². The molecule has 0 aliphatic rings. The van der Waals surface area contributed by atoms with E-state index in [-0.39, 0.29) is 11.8 Å². The molecule has 0 heterocycles. The molecule has 110 valence electrons. The van der Waals surface area contributed by atoms with Gasteiger partial charge in [-0.1, -0.05) is 0 Å². The lowest BCUT2D eigenvalue weighted by Gasteiger charge is -2.24. The minimum Gasteiger partial charge on any atom is -0.495 e. The van der Waals surface area contributed by atoms with Crippen LogP contribution in [0.1, 0.15) is 24.2 Å². The van der Waals surface area contributed by atoms with Gasteiger partial charge in [-0.25, -0.2) is 0 Å². The summed E-state index contributed by atoms with van der Waals surface area (Å²) in [5, 5.41) is 2.62. The number of hydrogen-bond acceptors (Lipinski definition) is 4. The lowest BCUT2D eigenvalue weighted by atomic mass is 10.1. The number of carbonyl (C=O) groups excluding carboxylic acids is 2. The van der Waals surface area contributed by atoms with Crippen LogP contribution in [0.25, 0.3) is 0 Å². The molecule has 0 fully saturated rings. The van der Waals surface area contributed by atoms with Crippen LogP contribution < -0.4 is 15.0 Å². The molecule has 0 unspecified atom stereocenters. The van der Waals surface area contributed by atoms with Crippen molar-refractivity contribution in [2.45, 2.75) is 13.8 Å². The summed E-state index contributed by atoms with van der Waals surface area (Å²) < 4.78 is 5.32. The number of nitrogens with zero attached hydrogens (tertiary/aromatic N) is 1. The molecule has 6 heteroatoms. The second-order valence-corrected chi connectivity index (χ2v) is 4.35. The van der Waals surface area contributed by atoms with Gasteiger partial charge < -0.3 is 15.0 Å². The van der Waals surface area contributed by atoms with Crippen molar-refractivity contribution in [2.75, 3.05) is 36.3 Å². The van der Waals surface area contributed by atoms with Gasteiger partial charge in [0.2, 0.25) is 5.91 Å². The predicted molar refractivity (Wildman–Crippen MR) is 81.3 cm³/mol. The van der Waals surface area contributed by atoms with Crippen molar-refractivity contribution in [3.05, 3.63) is 17.7 Å². The Kier molecular flexibility index (Phi) is 6.31. The van der Waals surface area contributed by atoms with Crippen molar-refractivity contribution < 1.29 is 14.3 Å². The number of benzene rings is 1. The van der Waals surface area contributed by atoms with E-state index in [0.29, 0.717) is 23.3 Å². The number of anilines is 2. The Bertz CT molecular complexity index is 488. The second kappa shape index (κ2) is 7.75. The van der Waals surface area contributed by atoms with Gasteiger partial charge >= 0.3 is 0 Å². The Balaban J connectivity index is 3.32. The summed E-state index contributed by atoms with van der Waals surface area (Å²) in [7, 11) is 1.55. The molecular weight excluding hydrogens is 280 g/mol. The average molecular weight is 299 g/mol. The summed E-state index contributed by atoms with van der Waals surface area (Å²) in [5.74, 6) is 0.0791. The molecule has 1 N–H and O–H groups in total. The van der Waals surface area contributed by atoms with Gasteiger partial charge in [0.1, 0.15) is 11.6 Å². The standard InChI is InChI=1S/C14H19ClN2O3/c1-4-17(5-2)12-7-11(16-14(19)8-15)10(9-18)6-13(12)20-3/h6-7,9H,4-5,8H2,1-3H3,(H,16,19). The van der Waals surface area contributed by atoms with Crippen molar-refractivity contribution in [3.63, 3.8) is 0 Å². The van der Waals surface area contributed by atoms with Crippen LogP contribution in [-0.4, -0.2) is 38.3 Å². The minimum absolute atomic E-state index is 0.162. The van der Waals surface area contributed by atoms with E-state index in [9.17, 15) is 9.59 Å². The molecule has 20 heavy (non-hydrogen) atoms. The Morgan fingerprint density at radius 1 is 1.40 bits per heavy atom. The molecule has 0 spiro atoms. The van der Waals surface area contributed by atoms with Gasteiger partial charge in [-0.2, -0.15) is 0 Å². The molecule has 1 aromatic rings. The molecule has 0 radical (unpaired) electrons. The number of rotatable bonds is 7. The lowest BCUT2D eigenvalue weighted by molar-refractivity contribution is -0.113. The molecule has 0 bridgehead atoms. The highest BCUT2D eigenvalue weighted by atomic mass is 35.5. The summed E-state index contributed by atoms with van der Waals surface area (Å²) in [6.07, 6.45) is 0.679. The molecule has 0 aliphatic heterocycles. The van der Waals surface area contributed by atoms with Gasteiger partial charge in [-0.3, -0.25) is 9.59 Å². The number of aldehydes is 1. The number of amides is 1. The quantitative estimate of drug-likeness (QED) is 0.621. The largest absolute Gasteiger partial charge is 0.495 e. The Labute approximate surface area is 123 Å². The zero-order valence-electron chi connectivity index (χ0n) is 11.9. The highest BCUT2D eigenvalue weighted by molar-refractivity contribution is 6.29. The summed E-state index contributed by atoms with van der Waals surface area (Å²) in [4.78, 5) is 24.6. The minimum atomic E-state index is -0.356. The fourth-order valence-electron chi connectivity index (χ4n) is 1.95. The zero-order chi connectivity index (χ0) is 15.1. The van der Waals surface area contributed by atoms with Crippen LogP contribution >= 0.6 is 11.6 Å². The molecule has 0 atom stereocenters. The summed E-state index contributed by atoms with van der Waals surface area (Å²) in [6, 6.07) is 3.35. The molecule has 0 aliphatic carbocycles. The van der Waals surface area contributed by atoms with E-state index in [2.05, 4.69) is 10.2 Å². The first-order valence-corrected chi connectivity index (χ1v) is 6.92. The van der Waals surface area contributed by atoms with Crippen molar-refractivity contribution in [2.24, 2.45) is 0 Å². The predicted octanol–water partition coefficient (Wildman–Crippen LogP) is 2.53. The van der Waals surface area contributed by atoms with Crippen molar-refractivity contribution >= 4 is 35.2 Å². The Hall–Kier alpha value is -1.75. The van der Waals surface area contributed by atoms with Crippen molar-refractivity contribution in [1.82, 2.24) is 0 Å². The summed E-state index contributed by atoms with van der Waals surface area (Å²) >= 11 is 5.48. The maximum atomic E-state index is 11.4. The molecule has 0 aromatic heterocycles. The third-order valence-electron chi connectivity index (χ3n) is 2.98. The topological polar surface area (TPSA) is 58.6 Å². The van der Waals surface area contributed by atoms with E-state index < -0.39 is 0 Å².